The first-order chi connectivity index (χ1) is 9.61. The van der Waals surface area contributed by atoms with E-state index >= 15 is 0 Å². The number of pyridine rings is 1. The average molecular weight is 268 g/mol. The number of hydrogen-bond acceptors (Lipinski definition) is 4. The molecule has 0 amide bonds. The number of ether oxygens (including phenoxy) is 1. The van der Waals surface area contributed by atoms with E-state index in [-0.39, 0.29) is 0 Å². The summed E-state index contributed by atoms with van der Waals surface area (Å²) in [6, 6.07) is 7.82. The molecule has 20 heavy (non-hydrogen) atoms. The lowest BCUT2D eigenvalue weighted by atomic mass is 10.2. The third-order valence-electron chi connectivity index (χ3n) is 3.41. The van der Waals surface area contributed by atoms with Gasteiger partial charge >= 0.3 is 0 Å². The summed E-state index contributed by atoms with van der Waals surface area (Å²) in [6.07, 6.45) is 1.77. The molecule has 102 valence electrons. The zero-order chi connectivity index (χ0) is 14.3. The van der Waals surface area contributed by atoms with Gasteiger partial charge in [-0.05, 0) is 49.2 Å². The summed E-state index contributed by atoms with van der Waals surface area (Å²) in [4.78, 5) is 8.81. The number of nitrogen functional groups attached to an aromatic ring is 1. The zero-order valence-corrected chi connectivity index (χ0v) is 11.7. The van der Waals surface area contributed by atoms with E-state index in [4.69, 9.17) is 10.5 Å². The Hall–Kier alpha value is -2.56. The number of benzene rings is 1. The van der Waals surface area contributed by atoms with E-state index in [0.717, 1.165) is 33.7 Å². The molecule has 0 aliphatic carbocycles. The summed E-state index contributed by atoms with van der Waals surface area (Å²) in [6.45, 7) is 4.00. The minimum atomic E-state index is 0.436. The van der Waals surface area contributed by atoms with E-state index in [1.54, 1.807) is 13.3 Å². The molecule has 1 aromatic carbocycles. The number of aromatic nitrogens is 3. The monoisotopic (exact) mass is 268 g/mol. The molecule has 0 saturated heterocycles. The highest BCUT2D eigenvalue weighted by Gasteiger charge is 2.13. The van der Waals surface area contributed by atoms with E-state index in [1.165, 1.54) is 0 Å². The maximum absolute atomic E-state index is 6.06. The SMILES string of the molecule is COc1ccc(-n2c(N)nc3c(C)ccnc32)cc1C. The van der Waals surface area contributed by atoms with E-state index in [0.29, 0.717) is 5.95 Å². The van der Waals surface area contributed by atoms with Crippen LogP contribution in [0, 0.1) is 13.8 Å². The van der Waals surface area contributed by atoms with Crippen LogP contribution in [0.4, 0.5) is 5.95 Å². The maximum Gasteiger partial charge on any atom is 0.207 e. The Morgan fingerprint density at radius 1 is 1.15 bits per heavy atom. The number of nitrogens with zero attached hydrogens (tertiary/aromatic N) is 3. The van der Waals surface area contributed by atoms with Gasteiger partial charge in [0, 0.05) is 6.20 Å². The number of fused-ring (bicyclic) bond motifs is 1. The normalized spacial score (nSPS) is 10.9. The highest BCUT2D eigenvalue weighted by atomic mass is 16.5. The Bertz CT molecular complexity index is 792. The molecule has 2 N–H and O–H groups in total. The van der Waals surface area contributed by atoms with Crippen molar-refractivity contribution in [1.29, 1.82) is 0 Å². The first kappa shape index (κ1) is 12.5. The van der Waals surface area contributed by atoms with E-state index < -0.39 is 0 Å². The van der Waals surface area contributed by atoms with Gasteiger partial charge in [-0.2, -0.15) is 0 Å². The Balaban J connectivity index is 2.27. The Morgan fingerprint density at radius 3 is 2.65 bits per heavy atom. The molecule has 0 radical (unpaired) electrons. The number of rotatable bonds is 2. The van der Waals surface area contributed by atoms with Crippen LogP contribution in [0.25, 0.3) is 16.9 Å². The van der Waals surface area contributed by atoms with Crippen LogP contribution >= 0.6 is 0 Å². The minimum Gasteiger partial charge on any atom is -0.496 e. The molecule has 0 spiro atoms. The Labute approximate surface area is 117 Å². The number of methoxy groups -OCH3 is 1. The zero-order valence-electron chi connectivity index (χ0n) is 11.7. The third-order valence-corrected chi connectivity index (χ3v) is 3.41. The molecule has 0 aliphatic rings. The third kappa shape index (κ3) is 1.79. The predicted octanol–water partition coefficient (Wildman–Crippen LogP) is 2.63. The molecule has 2 heterocycles. The van der Waals surface area contributed by atoms with Crippen LogP contribution in [-0.2, 0) is 0 Å². The van der Waals surface area contributed by atoms with Crippen LogP contribution < -0.4 is 10.5 Å². The summed E-state index contributed by atoms with van der Waals surface area (Å²) < 4.78 is 7.14. The average Bonchev–Trinajstić information content (AvgIpc) is 2.76. The highest BCUT2D eigenvalue weighted by molar-refractivity contribution is 5.80. The van der Waals surface area contributed by atoms with Gasteiger partial charge in [-0.25, -0.2) is 9.97 Å². The largest absolute Gasteiger partial charge is 0.496 e. The molecule has 3 aromatic rings. The lowest BCUT2D eigenvalue weighted by Gasteiger charge is -2.09. The van der Waals surface area contributed by atoms with Crippen LogP contribution in [0.15, 0.2) is 30.5 Å². The second-order valence-electron chi connectivity index (χ2n) is 4.76. The van der Waals surface area contributed by atoms with Gasteiger partial charge in [-0.3, -0.25) is 4.57 Å². The van der Waals surface area contributed by atoms with Crippen molar-refractivity contribution in [3.63, 3.8) is 0 Å². The van der Waals surface area contributed by atoms with Crippen molar-refractivity contribution >= 4 is 17.1 Å². The van der Waals surface area contributed by atoms with Crippen molar-refractivity contribution in [3.8, 4) is 11.4 Å². The molecule has 0 atom stereocenters. The van der Waals surface area contributed by atoms with E-state index in [2.05, 4.69) is 9.97 Å². The first-order valence-corrected chi connectivity index (χ1v) is 6.36. The highest BCUT2D eigenvalue weighted by Crippen LogP contribution is 2.26. The van der Waals surface area contributed by atoms with Crippen molar-refractivity contribution in [2.24, 2.45) is 0 Å². The number of nitrogens with two attached hydrogens (primary N) is 1. The molecule has 5 heteroatoms. The van der Waals surface area contributed by atoms with Crippen LogP contribution in [0.5, 0.6) is 5.75 Å². The summed E-state index contributed by atoms with van der Waals surface area (Å²) >= 11 is 0. The summed E-state index contributed by atoms with van der Waals surface area (Å²) in [7, 11) is 1.66. The summed E-state index contributed by atoms with van der Waals surface area (Å²) in [5, 5.41) is 0. The van der Waals surface area contributed by atoms with Crippen LogP contribution in [0.3, 0.4) is 0 Å². The fraction of sp³-hybridized carbons (Fsp3) is 0.200. The predicted molar refractivity (Wildman–Crippen MR) is 79.3 cm³/mol. The van der Waals surface area contributed by atoms with Gasteiger partial charge in [-0.15, -0.1) is 0 Å². The quantitative estimate of drug-likeness (QED) is 0.776. The molecule has 0 aliphatic heterocycles. The van der Waals surface area contributed by atoms with Gasteiger partial charge in [0.1, 0.15) is 11.3 Å². The van der Waals surface area contributed by atoms with Gasteiger partial charge in [0.15, 0.2) is 5.65 Å². The van der Waals surface area contributed by atoms with Crippen molar-refractivity contribution in [2.45, 2.75) is 13.8 Å². The van der Waals surface area contributed by atoms with Gasteiger partial charge < -0.3 is 10.5 Å². The van der Waals surface area contributed by atoms with Gasteiger partial charge in [0.25, 0.3) is 0 Å². The van der Waals surface area contributed by atoms with Crippen LogP contribution in [0.2, 0.25) is 0 Å². The second kappa shape index (κ2) is 4.52. The number of anilines is 1. The minimum absolute atomic E-state index is 0.436. The van der Waals surface area contributed by atoms with Crippen molar-refractivity contribution in [1.82, 2.24) is 14.5 Å². The number of hydrogen-bond donors (Lipinski definition) is 1. The molecule has 5 nitrogen and oxygen atoms in total. The van der Waals surface area contributed by atoms with Gasteiger partial charge in [-0.1, -0.05) is 0 Å². The summed E-state index contributed by atoms with van der Waals surface area (Å²) in [5.74, 6) is 1.28. The van der Waals surface area contributed by atoms with Crippen LogP contribution in [0.1, 0.15) is 11.1 Å². The fourth-order valence-corrected chi connectivity index (χ4v) is 2.37. The van der Waals surface area contributed by atoms with Crippen molar-refractivity contribution in [2.75, 3.05) is 12.8 Å². The van der Waals surface area contributed by atoms with E-state index in [1.807, 2.05) is 42.7 Å². The molecule has 3 rings (SSSR count). The standard InChI is InChI=1S/C15H16N4O/c1-9-6-7-17-14-13(9)18-15(16)19(14)11-4-5-12(20-3)10(2)8-11/h4-8H,1-3H3,(H2,16,18). The fourth-order valence-electron chi connectivity index (χ4n) is 2.37. The van der Waals surface area contributed by atoms with Crippen LogP contribution in [-0.4, -0.2) is 21.6 Å². The molecular weight excluding hydrogens is 252 g/mol. The van der Waals surface area contributed by atoms with Gasteiger partial charge in [0.05, 0.1) is 12.8 Å². The first-order valence-electron chi connectivity index (χ1n) is 6.36. The van der Waals surface area contributed by atoms with Crippen molar-refractivity contribution in [3.05, 3.63) is 41.6 Å². The maximum atomic E-state index is 6.06. The number of aryl methyl sites for hydroxylation is 2. The molecule has 0 unspecified atom stereocenters. The topological polar surface area (TPSA) is 66.0 Å². The molecular formula is C15H16N4O. The second-order valence-corrected chi connectivity index (χ2v) is 4.76. The Morgan fingerprint density at radius 2 is 1.95 bits per heavy atom. The molecule has 0 fully saturated rings. The smallest absolute Gasteiger partial charge is 0.207 e. The molecule has 0 bridgehead atoms. The summed E-state index contributed by atoms with van der Waals surface area (Å²) in [5.41, 5.74) is 10.7. The van der Waals surface area contributed by atoms with Gasteiger partial charge in [0.2, 0.25) is 5.95 Å². The lowest BCUT2D eigenvalue weighted by molar-refractivity contribution is 0.411. The van der Waals surface area contributed by atoms with E-state index in [9.17, 15) is 0 Å². The number of imidazole rings is 1. The molecule has 2 aromatic heterocycles. The lowest BCUT2D eigenvalue weighted by Crippen LogP contribution is -2.02. The Kier molecular flexibility index (Phi) is 2.82. The molecule has 0 saturated carbocycles. The van der Waals surface area contributed by atoms with Crippen molar-refractivity contribution < 1.29 is 4.74 Å².